The topological polar surface area (TPSA) is 46.2 Å². The van der Waals surface area contributed by atoms with E-state index in [4.69, 9.17) is 17.3 Å². The molecule has 0 saturated carbocycles. The van der Waals surface area contributed by atoms with Gasteiger partial charge < -0.3 is 10.8 Å². The monoisotopic (exact) mass is 249 g/mol. The molecule has 0 fully saturated rings. The van der Waals surface area contributed by atoms with Crippen LogP contribution in [0.5, 0.6) is 5.75 Å². The third-order valence-electron chi connectivity index (χ3n) is 1.56. The van der Waals surface area contributed by atoms with Crippen molar-refractivity contribution in [3.8, 4) is 5.75 Å². The Bertz CT molecular complexity index is 301. The molecule has 3 N–H and O–H groups in total. The second-order valence-corrected chi connectivity index (χ2v) is 3.88. The Hall–Kier alpha value is -0.250. The summed E-state index contributed by atoms with van der Waals surface area (Å²) in [6.45, 7) is 1.79. The maximum Gasteiger partial charge on any atom is 0.121 e. The van der Waals surface area contributed by atoms with E-state index in [1.807, 2.05) is 0 Å². The average molecular weight is 251 g/mol. The van der Waals surface area contributed by atoms with Crippen LogP contribution in [0.3, 0.4) is 0 Å². The van der Waals surface area contributed by atoms with Gasteiger partial charge in [0.2, 0.25) is 0 Å². The van der Waals surface area contributed by atoms with Crippen LogP contribution in [0.1, 0.15) is 18.5 Å². The minimum Gasteiger partial charge on any atom is -0.508 e. The molecule has 12 heavy (non-hydrogen) atoms. The molecule has 0 unspecified atom stereocenters. The summed E-state index contributed by atoms with van der Waals surface area (Å²) in [4.78, 5) is 0. The first kappa shape index (κ1) is 9.84. The first-order valence-corrected chi connectivity index (χ1v) is 4.63. The zero-order chi connectivity index (χ0) is 9.30. The lowest BCUT2D eigenvalue weighted by atomic mass is 10.1. The highest BCUT2D eigenvalue weighted by molar-refractivity contribution is 9.10. The van der Waals surface area contributed by atoms with Gasteiger partial charge in [-0.3, -0.25) is 0 Å². The van der Waals surface area contributed by atoms with Crippen molar-refractivity contribution < 1.29 is 5.11 Å². The Labute approximate surface area is 84.5 Å². The molecule has 1 rings (SSSR count). The maximum atomic E-state index is 9.42. The number of benzene rings is 1. The zero-order valence-electron chi connectivity index (χ0n) is 6.51. The van der Waals surface area contributed by atoms with Crippen molar-refractivity contribution in [3.05, 3.63) is 27.2 Å². The van der Waals surface area contributed by atoms with Gasteiger partial charge in [0.05, 0.1) is 5.02 Å². The van der Waals surface area contributed by atoms with Gasteiger partial charge in [0.25, 0.3) is 0 Å². The van der Waals surface area contributed by atoms with Crippen molar-refractivity contribution in [2.24, 2.45) is 5.73 Å². The van der Waals surface area contributed by atoms with Gasteiger partial charge in [-0.2, -0.15) is 0 Å². The normalized spacial score (nSPS) is 13.0. The third kappa shape index (κ3) is 1.91. The highest BCUT2D eigenvalue weighted by Crippen LogP contribution is 2.32. The summed E-state index contributed by atoms with van der Waals surface area (Å²) in [5.41, 5.74) is 6.26. The summed E-state index contributed by atoms with van der Waals surface area (Å²) in [6.07, 6.45) is 0. The van der Waals surface area contributed by atoms with Crippen LogP contribution in [0.15, 0.2) is 16.6 Å². The highest BCUT2D eigenvalue weighted by atomic mass is 79.9. The van der Waals surface area contributed by atoms with Crippen molar-refractivity contribution >= 4 is 27.5 Å². The largest absolute Gasteiger partial charge is 0.508 e. The molecule has 0 heterocycles. The minimum atomic E-state index is -0.212. The molecule has 4 heteroatoms. The van der Waals surface area contributed by atoms with Crippen molar-refractivity contribution in [2.75, 3.05) is 0 Å². The van der Waals surface area contributed by atoms with Gasteiger partial charge in [-0.05, 0) is 35.0 Å². The van der Waals surface area contributed by atoms with E-state index >= 15 is 0 Å². The highest BCUT2D eigenvalue weighted by Gasteiger charge is 2.09. The minimum absolute atomic E-state index is 0.168. The van der Waals surface area contributed by atoms with Gasteiger partial charge in [-0.25, -0.2) is 0 Å². The molecule has 0 aliphatic carbocycles. The first-order valence-electron chi connectivity index (χ1n) is 3.46. The van der Waals surface area contributed by atoms with Crippen LogP contribution in [-0.2, 0) is 0 Å². The van der Waals surface area contributed by atoms with Gasteiger partial charge in [-0.15, -0.1) is 0 Å². The molecule has 1 aromatic rings. The van der Waals surface area contributed by atoms with E-state index in [-0.39, 0.29) is 11.8 Å². The van der Waals surface area contributed by atoms with Crippen LogP contribution in [0, 0.1) is 0 Å². The predicted octanol–water partition coefficient (Wildman–Crippen LogP) is 2.83. The summed E-state index contributed by atoms with van der Waals surface area (Å²) >= 11 is 9.01. The second-order valence-electron chi connectivity index (χ2n) is 2.61. The Balaban J connectivity index is 3.23. The van der Waals surface area contributed by atoms with E-state index in [2.05, 4.69) is 15.9 Å². The molecule has 0 bridgehead atoms. The van der Waals surface area contributed by atoms with Crippen LogP contribution < -0.4 is 5.73 Å². The molecule has 0 radical (unpaired) electrons. The lowest BCUT2D eigenvalue weighted by Crippen LogP contribution is -2.05. The molecular formula is C8H9BrClNO. The van der Waals surface area contributed by atoms with Crippen molar-refractivity contribution in [1.29, 1.82) is 0 Å². The summed E-state index contributed by atoms with van der Waals surface area (Å²) in [5, 5.41) is 9.97. The van der Waals surface area contributed by atoms with E-state index in [1.165, 1.54) is 0 Å². The molecule has 0 aliphatic heterocycles. The zero-order valence-corrected chi connectivity index (χ0v) is 8.85. The summed E-state index contributed by atoms with van der Waals surface area (Å²) in [6, 6.07) is 2.99. The first-order chi connectivity index (χ1) is 5.52. The lowest BCUT2D eigenvalue weighted by Gasteiger charge is -2.09. The van der Waals surface area contributed by atoms with E-state index < -0.39 is 0 Å². The van der Waals surface area contributed by atoms with Crippen molar-refractivity contribution in [3.63, 3.8) is 0 Å². The quantitative estimate of drug-likeness (QED) is 0.805. The fourth-order valence-corrected chi connectivity index (χ4v) is 1.42. The fourth-order valence-electron chi connectivity index (χ4n) is 0.916. The van der Waals surface area contributed by atoms with Crippen LogP contribution >= 0.6 is 27.5 Å². The molecule has 1 atom stereocenters. The molecule has 1 aromatic carbocycles. The van der Waals surface area contributed by atoms with E-state index in [1.54, 1.807) is 19.1 Å². The van der Waals surface area contributed by atoms with Gasteiger partial charge in [0.1, 0.15) is 5.75 Å². The van der Waals surface area contributed by atoms with Crippen LogP contribution in [0.2, 0.25) is 5.02 Å². The second kappa shape index (κ2) is 3.64. The third-order valence-corrected chi connectivity index (χ3v) is 2.76. The molecule has 0 aliphatic rings. The van der Waals surface area contributed by atoms with Crippen LogP contribution in [0.4, 0.5) is 0 Å². The number of nitrogens with two attached hydrogens (primary N) is 1. The maximum absolute atomic E-state index is 9.42. The summed E-state index contributed by atoms with van der Waals surface area (Å²) in [7, 11) is 0. The average Bonchev–Trinajstić information content (AvgIpc) is 1.96. The Morgan fingerprint density at radius 1 is 1.58 bits per heavy atom. The number of hydrogen-bond donors (Lipinski definition) is 2. The standard InChI is InChI=1S/C8H9BrClNO/c1-4(11)5-2-7(10)6(9)3-8(5)12/h2-4,12H,11H2,1H3/t4-/m0/s1. The van der Waals surface area contributed by atoms with E-state index in [0.29, 0.717) is 15.1 Å². The number of phenols is 1. The van der Waals surface area contributed by atoms with Crippen LogP contribution in [-0.4, -0.2) is 5.11 Å². The number of phenolic OH excluding ortho intramolecular Hbond substituents is 1. The van der Waals surface area contributed by atoms with Crippen LogP contribution in [0.25, 0.3) is 0 Å². The number of hydrogen-bond acceptors (Lipinski definition) is 2. The SMILES string of the molecule is C[C@H](N)c1cc(Cl)c(Br)cc1O. The Morgan fingerprint density at radius 2 is 2.17 bits per heavy atom. The molecular weight excluding hydrogens is 241 g/mol. The van der Waals surface area contributed by atoms with E-state index in [9.17, 15) is 5.11 Å². The lowest BCUT2D eigenvalue weighted by molar-refractivity contribution is 0.463. The molecule has 66 valence electrons. The van der Waals surface area contributed by atoms with Gasteiger partial charge in [0, 0.05) is 16.1 Å². The molecule has 0 aromatic heterocycles. The molecule has 0 spiro atoms. The van der Waals surface area contributed by atoms with Crippen molar-refractivity contribution in [1.82, 2.24) is 0 Å². The number of halogens is 2. The Kier molecular flexibility index (Phi) is 2.99. The number of rotatable bonds is 1. The summed E-state index contributed by atoms with van der Waals surface area (Å²) in [5.74, 6) is 0.168. The molecule has 0 amide bonds. The fraction of sp³-hybridized carbons (Fsp3) is 0.250. The van der Waals surface area contributed by atoms with Gasteiger partial charge >= 0.3 is 0 Å². The van der Waals surface area contributed by atoms with Crippen molar-refractivity contribution in [2.45, 2.75) is 13.0 Å². The molecule has 2 nitrogen and oxygen atoms in total. The van der Waals surface area contributed by atoms with E-state index in [0.717, 1.165) is 0 Å². The smallest absolute Gasteiger partial charge is 0.121 e. The molecule has 0 saturated heterocycles. The Morgan fingerprint density at radius 3 is 2.67 bits per heavy atom. The van der Waals surface area contributed by atoms with Gasteiger partial charge in [0.15, 0.2) is 0 Å². The van der Waals surface area contributed by atoms with Gasteiger partial charge in [-0.1, -0.05) is 11.6 Å². The summed E-state index contributed by atoms with van der Waals surface area (Å²) < 4.78 is 0.672. The number of aromatic hydroxyl groups is 1. The predicted molar refractivity (Wildman–Crippen MR) is 53.4 cm³/mol.